The number of hydrogen-bond donors (Lipinski definition) is 3. The third kappa shape index (κ3) is 4.99. The number of methoxy groups -OCH3 is 1. The summed E-state index contributed by atoms with van der Waals surface area (Å²) in [5.74, 6) is -1.77. The quantitative estimate of drug-likeness (QED) is 0.196. The van der Waals surface area contributed by atoms with E-state index >= 15 is 0 Å². The van der Waals surface area contributed by atoms with E-state index in [0.29, 0.717) is 11.3 Å². The van der Waals surface area contributed by atoms with Crippen molar-refractivity contribution in [3.8, 4) is 22.4 Å². The molecule has 6 rings (SSSR count). The molecule has 1 aliphatic rings. The first-order valence-electron chi connectivity index (χ1n) is 13.6. The number of ether oxygens (including phenoxy) is 2. The predicted molar refractivity (Wildman–Crippen MR) is 158 cm³/mol. The molecule has 4 aromatic carbocycles. The monoisotopic (exact) mass is 560 g/mol. The predicted octanol–water partition coefficient (Wildman–Crippen LogP) is 6.16. The number of aliphatic carboxylic acids is 1. The fraction of sp³-hybridized carbons (Fsp3) is 0.147. The SMILES string of the molecule is COC(=O)c1ccc(-c2[nH]c3ccccc3c2CC(NC(=O)OCC2c3ccccc3-c3ccccc32)C(=O)O)cc1. The Morgan fingerprint density at radius 3 is 2.12 bits per heavy atom. The van der Waals surface area contributed by atoms with Gasteiger partial charge in [-0.15, -0.1) is 0 Å². The lowest BCUT2D eigenvalue weighted by Gasteiger charge is -2.18. The van der Waals surface area contributed by atoms with Gasteiger partial charge in [0, 0.05) is 28.9 Å². The fourth-order valence-corrected chi connectivity index (χ4v) is 5.74. The Kier molecular flexibility index (Phi) is 7.19. The van der Waals surface area contributed by atoms with Crippen LogP contribution in [-0.2, 0) is 20.7 Å². The number of esters is 1. The molecular weight excluding hydrogens is 532 g/mol. The number of aromatic amines is 1. The molecule has 0 bridgehead atoms. The number of H-pyrrole nitrogens is 1. The van der Waals surface area contributed by atoms with Gasteiger partial charge in [0.2, 0.25) is 0 Å². The highest BCUT2D eigenvalue weighted by Crippen LogP contribution is 2.44. The molecule has 1 amide bonds. The molecule has 8 heteroatoms. The Hall–Kier alpha value is -5.37. The maximum absolute atomic E-state index is 13.0. The van der Waals surface area contributed by atoms with Crippen molar-refractivity contribution < 1.29 is 29.0 Å². The maximum Gasteiger partial charge on any atom is 0.407 e. The molecule has 0 saturated carbocycles. The minimum absolute atomic E-state index is 0.0115. The zero-order chi connectivity index (χ0) is 29.2. The van der Waals surface area contributed by atoms with E-state index in [-0.39, 0.29) is 18.9 Å². The number of carbonyl (C=O) groups is 3. The number of nitrogens with one attached hydrogen (secondary N) is 2. The van der Waals surface area contributed by atoms with Crippen molar-refractivity contribution in [3.63, 3.8) is 0 Å². The number of hydrogen-bond acceptors (Lipinski definition) is 5. The average Bonchev–Trinajstić information content (AvgIpc) is 3.55. The van der Waals surface area contributed by atoms with Gasteiger partial charge in [-0.25, -0.2) is 14.4 Å². The summed E-state index contributed by atoms with van der Waals surface area (Å²) in [6, 6.07) is 29.2. The minimum Gasteiger partial charge on any atom is -0.480 e. The second kappa shape index (κ2) is 11.2. The number of carbonyl (C=O) groups excluding carboxylic acids is 2. The van der Waals surface area contributed by atoms with Gasteiger partial charge in [-0.3, -0.25) is 0 Å². The van der Waals surface area contributed by atoms with Gasteiger partial charge in [-0.1, -0.05) is 78.9 Å². The largest absolute Gasteiger partial charge is 0.480 e. The number of fused-ring (bicyclic) bond motifs is 4. The highest BCUT2D eigenvalue weighted by molar-refractivity contribution is 5.93. The summed E-state index contributed by atoms with van der Waals surface area (Å²) < 4.78 is 10.4. The summed E-state index contributed by atoms with van der Waals surface area (Å²) in [7, 11) is 1.32. The zero-order valence-electron chi connectivity index (χ0n) is 22.8. The van der Waals surface area contributed by atoms with Crippen LogP contribution in [0.15, 0.2) is 97.1 Å². The Balaban J connectivity index is 1.22. The van der Waals surface area contributed by atoms with E-state index in [1.54, 1.807) is 24.3 Å². The van der Waals surface area contributed by atoms with E-state index in [1.807, 2.05) is 60.7 Å². The lowest BCUT2D eigenvalue weighted by atomic mass is 9.98. The summed E-state index contributed by atoms with van der Waals surface area (Å²) in [6.07, 6.45) is -0.787. The van der Waals surface area contributed by atoms with E-state index in [1.165, 1.54) is 7.11 Å². The Morgan fingerprint density at radius 1 is 0.857 bits per heavy atom. The van der Waals surface area contributed by atoms with E-state index in [4.69, 9.17) is 9.47 Å². The third-order valence-electron chi connectivity index (χ3n) is 7.75. The van der Waals surface area contributed by atoms with Crippen LogP contribution in [-0.4, -0.2) is 47.9 Å². The Morgan fingerprint density at radius 2 is 1.48 bits per heavy atom. The molecule has 1 unspecified atom stereocenters. The number of aromatic nitrogens is 1. The van der Waals surface area contributed by atoms with Gasteiger partial charge in [-0.05, 0) is 51.6 Å². The van der Waals surface area contributed by atoms with Gasteiger partial charge in [-0.2, -0.15) is 0 Å². The highest BCUT2D eigenvalue weighted by Gasteiger charge is 2.30. The molecule has 1 aromatic heterocycles. The first kappa shape index (κ1) is 26.8. The van der Waals surface area contributed by atoms with Crippen LogP contribution in [0.5, 0.6) is 0 Å². The third-order valence-corrected chi connectivity index (χ3v) is 7.75. The van der Waals surface area contributed by atoms with Crippen molar-refractivity contribution in [2.75, 3.05) is 13.7 Å². The van der Waals surface area contributed by atoms with Gasteiger partial charge in [0.05, 0.1) is 12.7 Å². The smallest absolute Gasteiger partial charge is 0.407 e. The van der Waals surface area contributed by atoms with Crippen LogP contribution in [0.4, 0.5) is 4.79 Å². The number of alkyl carbamates (subject to hydrolysis) is 1. The van der Waals surface area contributed by atoms with Crippen LogP contribution in [0, 0.1) is 0 Å². The molecule has 0 spiro atoms. The lowest BCUT2D eigenvalue weighted by molar-refractivity contribution is -0.139. The molecule has 0 fully saturated rings. The van der Waals surface area contributed by atoms with Crippen molar-refractivity contribution in [2.45, 2.75) is 18.4 Å². The van der Waals surface area contributed by atoms with Crippen LogP contribution in [0.2, 0.25) is 0 Å². The minimum atomic E-state index is -1.24. The van der Waals surface area contributed by atoms with Crippen LogP contribution >= 0.6 is 0 Å². The summed E-state index contributed by atoms with van der Waals surface area (Å²) in [6.45, 7) is 0.0804. The van der Waals surface area contributed by atoms with E-state index in [2.05, 4.69) is 22.4 Å². The van der Waals surface area contributed by atoms with Crippen molar-refractivity contribution in [1.82, 2.24) is 10.3 Å². The normalized spacial score (nSPS) is 12.8. The topological polar surface area (TPSA) is 118 Å². The molecule has 0 radical (unpaired) electrons. The lowest BCUT2D eigenvalue weighted by Crippen LogP contribution is -2.43. The van der Waals surface area contributed by atoms with Crippen LogP contribution in [0.25, 0.3) is 33.3 Å². The number of amides is 1. The number of para-hydroxylation sites is 1. The number of carboxylic acid groups (broad SMARTS) is 1. The molecule has 0 aliphatic heterocycles. The Bertz CT molecular complexity index is 1760. The molecule has 1 aliphatic carbocycles. The van der Waals surface area contributed by atoms with Crippen molar-refractivity contribution in [3.05, 3.63) is 119 Å². The maximum atomic E-state index is 13.0. The fourth-order valence-electron chi connectivity index (χ4n) is 5.74. The van der Waals surface area contributed by atoms with Crippen molar-refractivity contribution in [1.29, 1.82) is 0 Å². The first-order valence-corrected chi connectivity index (χ1v) is 13.6. The highest BCUT2D eigenvalue weighted by atomic mass is 16.5. The summed E-state index contributed by atoms with van der Waals surface area (Å²) in [5.41, 5.74) is 7.78. The molecule has 0 saturated heterocycles. The second-order valence-electron chi connectivity index (χ2n) is 10.2. The van der Waals surface area contributed by atoms with Crippen LogP contribution < -0.4 is 5.32 Å². The number of rotatable bonds is 8. The van der Waals surface area contributed by atoms with Crippen molar-refractivity contribution >= 4 is 28.9 Å². The van der Waals surface area contributed by atoms with E-state index < -0.39 is 24.1 Å². The van der Waals surface area contributed by atoms with Gasteiger partial charge in [0.25, 0.3) is 0 Å². The first-order chi connectivity index (χ1) is 20.4. The van der Waals surface area contributed by atoms with Crippen molar-refractivity contribution in [2.24, 2.45) is 0 Å². The summed E-state index contributed by atoms with van der Waals surface area (Å²) in [5, 5.41) is 13.5. The summed E-state index contributed by atoms with van der Waals surface area (Å²) in [4.78, 5) is 40.6. The van der Waals surface area contributed by atoms with E-state index in [9.17, 15) is 19.5 Å². The molecule has 1 heterocycles. The van der Waals surface area contributed by atoms with Crippen LogP contribution in [0.3, 0.4) is 0 Å². The molecule has 3 N–H and O–H groups in total. The van der Waals surface area contributed by atoms with Gasteiger partial charge >= 0.3 is 18.0 Å². The summed E-state index contributed by atoms with van der Waals surface area (Å²) >= 11 is 0. The molecule has 210 valence electrons. The Labute approximate surface area is 241 Å². The molecule has 42 heavy (non-hydrogen) atoms. The van der Waals surface area contributed by atoms with Gasteiger partial charge < -0.3 is 24.9 Å². The standard InChI is InChI=1S/C34H28N2O6/c1-41-33(39)21-16-14-20(15-17-21)31-27(26-12-6-7-13-29(26)35-31)18-30(32(37)38)36-34(40)42-19-28-24-10-4-2-8-22(24)23-9-3-5-11-25(23)28/h2-17,28,30,35H,18-19H2,1H3,(H,36,40)(H,37,38). The van der Waals surface area contributed by atoms with Gasteiger partial charge in [0.1, 0.15) is 12.6 Å². The van der Waals surface area contributed by atoms with Crippen LogP contribution in [0.1, 0.15) is 33.0 Å². The molecule has 1 atom stereocenters. The van der Waals surface area contributed by atoms with Gasteiger partial charge in [0.15, 0.2) is 0 Å². The zero-order valence-corrected chi connectivity index (χ0v) is 22.8. The molecular formula is C34H28N2O6. The number of benzene rings is 4. The second-order valence-corrected chi connectivity index (χ2v) is 10.2. The average molecular weight is 561 g/mol. The van der Waals surface area contributed by atoms with E-state index in [0.717, 1.165) is 44.3 Å². The number of carboxylic acids is 1. The molecule has 8 nitrogen and oxygen atoms in total. The molecule has 5 aromatic rings.